The van der Waals surface area contributed by atoms with Gasteiger partial charge in [-0.25, -0.2) is 9.13 Å². The molecular weight excluding hydrogens is 280 g/mol. The van der Waals surface area contributed by atoms with Gasteiger partial charge in [0, 0.05) is 12.1 Å². The quantitative estimate of drug-likeness (QED) is 0.330. The largest absolute Gasteiger partial charge is 1.00 e. The fourth-order valence-corrected chi connectivity index (χ4v) is 1.85. The molecule has 0 saturated heterocycles. The van der Waals surface area contributed by atoms with Crippen molar-refractivity contribution in [3.8, 4) is 11.5 Å². The van der Waals surface area contributed by atoms with Crippen LogP contribution in [0.25, 0.3) is 0 Å². The second-order valence-electron chi connectivity index (χ2n) is 4.35. The van der Waals surface area contributed by atoms with Crippen molar-refractivity contribution in [2.45, 2.75) is 6.54 Å². The first-order chi connectivity index (χ1) is 9.10. The van der Waals surface area contributed by atoms with Crippen molar-refractivity contribution in [2.24, 2.45) is 7.05 Å². The molecule has 0 aliphatic carbocycles. The summed E-state index contributed by atoms with van der Waals surface area (Å²) in [6.45, 7) is 1.53. The van der Waals surface area contributed by atoms with Gasteiger partial charge in [0.15, 0.2) is 11.5 Å². The topological polar surface area (TPSA) is 76.3 Å². The number of hydrogen-bond acceptors (Lipinski definition) is 4. The number of phenols is 1. The maximum absolute atomic E-state index is 9.71. The second kappa shape index (κ2) is 6.91. The molecule has 7 heteroatoms. The molecule has 0 aliphatic heterocycles. The minimum Gasteiger partial charge on any atom is -1.00 e. The minimum absolute atomic E-state index is 0. The number of nitrogens with two attached hydrogens (primary N) is 1. The Labute approximate surface area is 124 Å². The number of halogens is 1. The lowest BCUT2D eigenvalue weighted by molar-refractivity contribution is -0.671. The molecule has 0 atom stereocenters. The number of aromatic hydroxyl groups is 1. The van der Waals surface area contributed by atoms with E-state index in [-0.39, 0.29) is 18.2 Å². The highest BCUT2D eigenvalue weighted by Crippen LogP contribution is 2.33. The highest BCUT2D eigenvalue weighted by Gasteiger charge is 2.07. The fraction of sp³-hybridized carbons (Fsp3) is 0.308. The molecule has 2 aromatic rings. The number of benzene rings is 1. The first kappa shape index (κ1) is 16.0. The standard InChI is InChI=1S/C13H18N4O2.ClH/c1-16-5-6-17(9-16)4-3-15-11-8-12(18)13(19-2)7-10(11)14;/h5-9,15H,3-4,14H2,1-2H3;1H. The number of imidazole rings is 1. The zero-order valence-electron chi connectivity index (χ0n) is 11.5. The predicted molar refractivity (Wildman–Crippen MR) is 73.2 cm³/mol. The van der Waals surface area contributed by atoms with Crippen LogP contribution in [0.4, 0.5) is 11.4 Å². The van der Waals surface area contributed by atoms with Gasteiger partial charge in [0.05, 0.1) is 32.1 Å². The third kappa shape index (κ3) is 3.71. The van der Waals surface area contributed by atoms with Crippen LogP contribution in [0, 0.1) is 0 Å². The lowest BCUT2D eigenvalue weighted by atomic mass is 10.2. The molecule has 0 amide bonds. The Morgan fingerprint density at radius 2 is 2.20 bits per heavy atom. The van der Waals surface area contributed by atoms with Gasteiger partial charge in [-0.3, -0.25) is 0 Å². The number of methoxy groups -OCH3 is 1. The Morgan fingerprint density at radius 1 is 1.45 bits per heavy atom. The van der Waals surface area contributed by atoms with E-state index in [2.05, 4.69) is 9.88 Å². The molecule has 2 rings (SSSR count). The number of aryl methyl sites for hydroxylation is 1. The van der Waals surface area contributed by atoms with Crippen LogP contribution in [0.15, 0.2) is 30.9 Å². The number of nitrogen functional groups attached to an aromatic ring is 1. The molecule has 0 aliphatic rings. The Hall–Kier alpha value is -2.08. The van der Waals surface area contributed by atoms with Crippen LogP contribution in [-0.4, -0.2) is 23.3 Å². The van der Waals surface area contributed by atoms with Gasteiger partial charge in [-0.1, -0.05) is 0 Å². The number of nitrogens with zero attached hydrogens (tertiary/aromatic N) is 2. The van der Waals surface area contributed by atoms with Gasteiger partial charge in [-0.15, -0.1) is 0 Å². The lowest BCUT2D eigenvalue weighted by Crippen LogP contribution is -3.00. The predicted octanol–water partition coefficient (Wildman–Crippen LogP) is -2.27. The van der Waals surface area contributed by atoms with Crippen molar-refractivity contribution in [3.63, 3.8) is 0 Å². The summed E-state index contributed by atoms with van der Waals surface area (Å²) in [7, 11) is 3.47. The number of phenolic OH excluding ortho intramolecular Hbond substituents is 1. The summed E-state index contributed by atoms with van der Waals surface area (Å²) in [6.07, 6.45) is 5.97. The minimum atomic E-state index is 0. The van der Waals surface area contributed by atoms with E-state index >= 15 is 0 Å². The van der Waals surface area contributed by atoms with E-state index in [0.717, 1.165) is 6.54 Å². The molecule has 1 aromatic carbocycles. The number of rotatable bonds is 5. The zero-order chi connectivity index (χ0) is 13.8. The number of aromatic nitrogens is 2. The summed E-state index contributed by atoms with van der Waals surface area (Å²) in [5.74, 6) is 0.451. The molecule has 0 spiro atoms. The maximum atomic E-state index is 9.71. The average Bonchev–Trinajstić information content (AvgIpc) is 2.79. The molecule has 0 saturated carbocycles. The average molecular weight is 299 g/mol. The lowest BCUT2D eigenvalue weighted by Gasteiger charge is -2.11. The summed E-state index contributed by atoms with van der Waals surface area (Å²) in [5.41, 5.74) is 7.14. The Balaban J connectivity index is 0.00000200. The number of hydrogen-bond donors (Lipinski definition) is 3. The van der Waals surface area contributed by atoms with E-state index in [1.807, 2.05) is 30.3 Å². The monoisotopic (exact) mass is 298 g/mol. The van der Waals surface area contributed by atoms with Gasteiger partial charge < -0.3 is 33.3 Å². The van der Waals surface area contributed by atoms with E-state index < -0.39 is 0 Å². The normalized spacial score (nSPS) is 9.90. The summed E-state index contributed by atoms with van der Waals surface area (Å²) in [6, 6.07) is 3.18. The summed E-state index contributed by atoms with van der Waals surface area (Å²) in [4.78, 5) is 0. The Morgan fingerprint density at radius 3 is 2.80 bits per heavy atom. The Bertz CT molecular complexity index is 571. The maximum Gasteiger partial charge on any atom is 0.243 e. The molecule has 20 heavy (non-hydrogen) atoms. The molecule has 0 fully saturated rings. The van der Waals surface area contributed by atoms with Crippen molar-refractivity contribution >= 4 is 11.4 Å². The van der Waals surface area contributed by atoms with Crippen LogP contribution >= 0.6 is 0 Å². The van der Waals surface area contributed by atoms with Crippen LogP contribution in [0.3, 0.4) is 0 Å². The molecule has 6 nitrogen and oxygen atoms in total. The van der Waals surface area contributed by atoms with Crippen LogP contribution < -0.4 is 32.8 Å². The third-order valence-electron chi connectivity index (χ3n) is 2.86. The molecular formula is C13H19ClN4O2. The number of anilines is 2. The first-order valence-electron chi connectivity index (χ1n) is 6.01. The third-order valence-corrected chi connectivity index (χ3v) is 2.86. The van der Waals surface area contributed by atoms with Crippen molar-refractivity contribution < 1.29 is 26.8 Å². The van der Waals surface area contributed by atoms with E-state index in [0.29, 0.717) is 23.7 Å². The van der Waals surface area contributed by atoms with Gasteiger partial charge in [-0.2, -0.15) is 0 Å². The van der Waals surface area contributed by atoms with Crippen molar-refractivity contribution in [1.29, 1.82) is 0 Å². The van der Waals surface area contributed by atoms with Crippen molar-refractivity contribution in [2.75, 3.05) is 24.7 Å². The van der Waals surface area contributed by atoms with Gasteiger partial charge >= 0.3 is 0 Å². The smallest absolute Gasteiger partial charge is 0.243 e. The van der Waals surface area contributed by atoms with Crippen molar-refractivity contribution in [3.05, 3.63) is 30.9 Å². The molecule has 110 valence electrons. The van der Waals surface area contributed by atoms with Gasteiger partial charge in [0.25, 0.3) is 0 Å². The first-order valence-corrected chi connectivity index (χ1v) is 6.01. The van der Waals surface area contributed by atoms with Gasteiger partial charge in [0.1, 0.15) is 18.9 Å². The molecule has 4 N–H and O–H groups in total. The number of nitrogens with one attached hydrogen (secondary N) is 1. The van der Waals surface area contributed by atoms with Crippen LogP contribution in [-0.2, 0) is 13.6 Å². The molecule has 1 aromatic heterocycles. The van der Waals surface area contributed by atoms with Crippen LogP contribution in [0.2, 0.25) is 0 Å². The van der Waals surface area contributed by atoms with E-state index in [1.165, 1.54) is 7.11 Å². The second-order valence-corrected chi connectivity index (χ2v) is 4.35. The molecule has 0 radical (unpaired) electrons. The summed E-state index contributed by atoms with van der Waals surface area (Å²) in [5, 5.41) is 12.9. The fourth-order valence-electron chi connectivity index (χ4n) is 1.85. The van der Waals surface area contributed by atoms with Crippen LogP contribution in [0.5, 0.6) is 11.5 Å². The van der Waals surface area contributed by atoms with E-state index in [4.69, 9.17) is 10.5 Å². The number of ether oxygens (including phenoxy) is 1. The van der Waals surface area contributed by atoms with E-state index in [1.54, 1.807) is 12.1 Å². The summed E-state index contributed by atoms with van der Waals surface area (Å²) >= 11 is 0. The van der Waals surface area contributed by atoms with Crippen molar-refractivity contribution in [1.82, 2.24) is 4.57 Å². The molecule has 0 unspecified atom stereocenters. The summed E-state index contributed by atoms with van der Waals surface area (Å²) < 4.78 is 9.03. The highest BCUT2D eigenvalue weighted by atomic mass is 35.5. The van der Waals surface area contributed by atoms with Crippen LogP contribution in [0.1, 0.15) is 0 Å². The highest BCUT2D eigenvalue weighted by molar-refractivity contribution is 5.71. The van der Waals surface area contributed by atoms with Gasteiger partial charge in [0.2, 0.25) is 6.33 Å². The molecule has 0 bridgehead atoms. The Kier molecular flexibility index (Phi) is 5.52. The molecule has 1 heterocycles. The van der Waals surface area contributed by atoms with E-state index in [9.17, 15) is 5.11 Å². The SMILES string of the molecule is COc1cc(N)c(NCCn2cc[n+](C)c2)cc1O.[Cl-]. The zero-order valence-corrected chi connectivity index (χ0v) is 12.3. The van der Waals surface area contributed by atoms with Gasteiger partial charge in [-0.05, 0) is 0 Å².